The molecule has 0 radical (unpaired) electrons. The van der Waals surface area contributed by atoms with Gasteiger partial charge in [-0.05, 0) is 38.3 Å². The highest BCUT2D eigenvalue weighted by atomic mass is 14.9. The van der Waals surface area contributed by atoms with Gasteiger partial charge in [-0.3, -0.25) is 0 Å². The summed E-state index contributed by atoms with van der Waals surface area (Å²) < 4.78 is 0. The minimum Gasteiger partial charge on any atom is -0.310 e. The Kier molecular flexibility index (Phi) is 2.60. The van der Waals surface area contributed by atoms with Crippen LogP contribution >= 0.6 is 0 Å². The first-order valence-electron chi connectivity index (χ1n) is 5.48. The van der Waals surface area contributed by atoms with Gasteiger partial charge < -0.3 is 5.32 Å². The maximum absolute atomic E-state index is 3.58. The van der Waals surface area contributed by atoms with Crippen LogP contribution in [-0.2, 0) is 0 Å². The molecule has 2 unspecified atom stereocenters. The Morgan fingerprint density at radius 1 is 1.14 bits per heavy atom. The molecule has 1 heteroatoms. The molecular formula is C13H19N. The topological polar surface area (TPSA) is 12.0 Å². The Hall–Kier alpha value is -0.820. The average molecular weight is 189 g/mol. The van der Waals surface area contributed by atoms with Gasteiger partial charge in [0.25, 0.3) is 0 Å². The van der Waals surface area contributed by atoms with Crippen LogP contribution < -0.4 is 5.32 Å². The summed E-state index contributed by atoms with van der Waals surface area (Å²) >= 11 is 0. The molecule has 1 aliphatic heterocycles. The minimum absolute atomic E-state index is 0.577. The quantitative estimate of drug-likeness (QED) is 0.716. The van der Waals surface area contributed by atoms with Crippen molar-refractivity contribution < 1.29 is 0 Å². The van der Waals surface area contributed by atoms with Gasteiger partial charge >= 0.3 is 0 Å². The van der Waals surface area contributed by atoms with E-state index in [1.807, 2.05) is 0 Å². The Balaban J connectivity index is 2.31. The summed E-state index contributed by atoms with van der Waals surface area (Å²) in [7, 11) is 0. The molecule has 1 aromatic rings. The molecular weight excluding hydrogens is 170 g/mol. The van der Waals surface area contributed by atoms with Crippen molar-refractivity contribution in [3.05, 3.63) is 34.9 Å². The zero-order valence-corrected chi connectivity index (χ0v) is 9.30. The average Bonchev–Trinajstić information content (AvgIpc) is 2.49. The third kappa shape index (κ3) is 1.83. The monoisotopic (exact) mass is 189 g/mol. The lowest BCUT2D eigenvalue weighted by atomic mass is 9.94. The van der Waals surface area contributed by atoms with E-state index >= 15 is 0 Å². The molecule has 1 fully saturated rings. The van der Waals surface area contributed by atoms with E-state index in [0.717, 1.165) is 5.92 Å². The zero-order valence-electron chi connectivity index (χ0n) is 9.30. The lowest BCUT2D eigenvalue weighted by Crippen LogP contribution is -2.16. The molecule has 1 aromatic carbocycles. The smallest absolute Gasteiger partial charge is 0.0346 e. The van der Waals surface area contributed by atoms with Crippen LogP contribution in [0.2, 0.25) is 0 Å². The fourth-order valence-electron chi connectivity index (χ4n) is 2.47. The van der Waals surface area contributed by atoms with Gasteiger partial charge in [0.2, 0.25) is 0 Å². The van der Waals surface area contributed by atoms with Crippen molar-refractivity contribution in [1.82, 2.24) is 5.32 Å². The fraction of sp³-hybridized carbons (Fsp3) is 0.538. The van der Waals surface area contributed by atoms with Gasteiger partial charge in [0.15, 0.2) is 0 Å². The van der Waals surface area contributed by atoms with Crippen LogP contribution in [0.25, 0.3) is 0 Å². The third-order valence-corrected chi connectivity index (χ3v) is 3.14. The van der Waals surface area contributed by atoms with E-state index in [1.54, 1.807) is 0 Å². The second kappa shape index (κ2) is 3.74. The number of hydrogen-bond acceptors (Lipinski definition) is 1. The molecule has 1 nitrogen and oxygen atoms in total. The predicted octanol–water partition coefficient (Wildman–Crippen LogP) is 2.97. The molecule has 0 saturated carbocycles. The van der Waals surface area contributed by atoms with Crippen molar-refractivity contribution in [3.63, 3.8) is 0 Å². The molecule has 1 aliphatic rings. The Bertz CT molecular complexity index is 310. The van der Waals surface area contributed by atoms with Crippen molar-refractivity contribution in [2.24, 2.45) is 5.92 Å². The second-order valence-corrected chi connectivity index (χ2v) is 4.62. The molecule has 14 heavy (non-hydrogen) atoms. The van der Waals surface area contributed by atoms with E-state index < -0.39 is 0 Å². The summed E-state index contributed by atoms with van der Waals surface area (Å²) in [5, 5.41) is 3.58. The molecule has 76 valence electrons. The summed E-state index contributed by atoms with van der Waals surface area (Å²) in [5.41, 5.74) is 4.22. The van der Waals surface area contributed by atoms with Crippen molar-refractivity contribution >= 4 is 0 Å². The number of rotatable bonds is 1. The van der Waals surface area contributed by atoms with Crippen molar-refractivity contribution in [3.8, 4) is 0 Å². The van der Waals surface area contributed by atoms with Crippen LogP contribution in [0.5, 0.6) is 0 Å². The molecule has 0 bridgehead atoms. The van der Waals surface area contributed by atoms with Crippen LogP contribution in [0.3, 0.4) is 0 Å². The standard InChI is InChI=1S/C13H19N/c1-9-6-10(2)8-12(7-9)13-11(3)4-5-14-13/h6-8,11,13-14H,4-5H2,1-3H3. The number of aryl methyl sites for hydroxylation is 2. The van der Waals surface area contributed by atoms with Gasteiger partial charge in [0.05, 0.1) is 0 Å². The van der Waals surface area contributed by atoms with Gasteiger partial charge in [0, 0.05) is 6.04 Å². The van der Waals surface area contributed by atoms with E-state index in [-0.39, 0.29) is 0 Å². The molecule has 1 saturated heterocycles. The molecule has 0 spiro atoms. The Morgan fingerprint density at radius 2 is 1.79 bits per heavy atom. The van der Waals surface area contributed by atoms with E-state index in [9.17, 15) is 0 Å². The highest BCUT2D eigenvalue weighted by Gasteiger charge is 2.24. The summed E-state index contributed by atoms with van der Waals surface area (Å²) in [6, 6.07) is 7.44. The highest BCUT2D eigenvalue weighted by Crippen LogP contribution is 2.29. The van der Waals surface area contributed by atoms with Crippen LogP contribution in [0.1, 0.15) is 36.1 Å². The van der Waals surface area contributed by atoms with E-state index in [0.29, 0.717) is 6.04 Å². The molecule has 1 heterocycles. The Labute approximate surface area is 86.5 Å². The summed E-state index contributed by atoms with van der Waals surface area (Å²) in [6.07, 6.45) is 1.30. The first-order chi connectivity index (χ1) is 6.66. The van der Waals surface area contributed by atoms with E-state index in [2.05, 4.69) is 44.3 Å². The second-order valence-electron chi connectivity index (χ2n) is 4.62. The van der Waals surface area contributed by atoms with Crippen LogP contribution in [0.15, 0.2) is 18.2 Å². The molecule has 0 aliphatic carbocycles. The number of benzene rings is 1. The van der Waals surface area contributed by atoms with Crippen LogP contribution in [0.4, 0.5) is 0 Å². The predicted molar refractivity (Wildman–Crippen MR) is 60.4 cm³/mol. The maximum atomic E-state index is 3.58. The number of hydrogen-bond donors (Lipinski definition) is 1. The lowest BCUT2D eigenvalue weighted by molar-refractivity contribution is 0.503. The normalized spacial score (nSPS) is 26.8. The minimum atomic E-state index is 0.577. The summed E-state index contributed by atoms with van der Waals surface area (Å²) in [4.78, 5) is 0. The maximum Gasteiger partial charge on any atom is 0.0346 e. The highest BCUT2D eigenvalue weighted by molar-refractivity contribution is 5.31. The largest absolute Gasteiger partial charge is 0.310 e. The zero-order chi connectivity index (χ0) is 10.1. The SMILES string of the molecule is Cc1cc(C)cc(C2NCCC2C)c1. The first-order valence-corrected chi connectivity index (χ1v) is 5.48. The molecule has 1 N–H and O–H groups in total. The summed E-state index contributed by atoms with van der Waals surface area (Å²) in [5.74, 6) is 0.774. The van der Waals surface area contributed by atoms with Crippen LogP contribution in [-0.4, -0.2) is 6.54 Å². The Morgan fingerprint density at radius 3 is 2.29 bits per heavy atom. The fourth-order valence-corrected chi connectivity index (χ4v) is 2.47. The van der Waals surface area contributed by atoms with Crippen molar-refractivity contribution in [1.29, 1.82) is 0 Å². The van der Waals surface area contributed by atoms with Gasteiger partial charge in [-0.25, -0.2) is 0 Å². The molecule has 0 amide bonds. The third-order valence-electron chi connectivity index (χ3n) is 3.14. The van der Waals surface area contributed by atoms with E-state index in [1.165, 1.54) is 29.7 Å². The van der Waals surface area contributed by atoms with Gasteiger partial charge in [-0.2, -0.15) is 0 Å². The van der Waals surface area contributed by atoms with Gasteiger partial charge in [-0.15, -0.1) is 0 Å². The molecule has 2 atom stereocenters. The molecule has 2 rings (SSSR count). The lowest BCUT2D eigenvalue weighted by Gasteiger charge is -2.17. The first kappa shape index (κ1) is 9.72. The van der Waals surface area contributed by atoms with E-state index in [4.69, 9.17) is 0 Å². The van der Waals surface area contributed by atoms with Crippen molar-refractivity contribution in [2.45, 2.75) is 33.2 Å². The summed E-state index contributed by atoms with van der Waals surface area (Å²) in [6.45, 7) is 7.85. The van der Waals surface area contributed by atoms with Gasteiger partial charge in [0.1, 0.15) is 0 Å². The number of nitrogens with one attached hydrogen (secondary N) is 1. The van der Waals surface area contributed by atoms with Crippen molar-refractivity contribution in [2.75, 3.05) is 6.54 Å². The van der Waals surface area contributed by atoms with Gasteiger partial charge in [-0.1, -0.05) is 36.2 Å². The molecule has 0 aromatic heterocycles. The van der Waals surface area contributed by atoms with Crippen LogP contribution in [0, 0.1) is 19.8 Å².